The predicted octanol–water partition coefficient (Wildman–Crippen LogP) is 2.91. The summed E-state index contributed by atoms with van der Waals surface area (Å²) in [6.07, 6.45) is 1.33. The fourth-order valence-corrected chi connectivity index (χ4v) is 3.82. The number of rotatable bonds is 7. The highest BCUT2D eigenvalue weighted by Gasteiger charge is 2.24. The summed E-state index contributed by atoms with van der Waals surface area (Å²) in [7, 11) is 0. The number of carbonyl (C=O) groups excluding carboxylic acids is 2. The number of anilines is 2. The first-order chi connectivity index (χ1) is 14.6. The molecule has 1 saturated heterocycles. The average molecular weight is 409 g/mol. The lowest BCUT2D eigenvalue weighted by Gasteiger charge is -2.30. The van der Waals surface area contributed by atoms with Crippen LogP contribution in [0.4, 0.5) is 11.4 Å². The van der Waals surface area contributed by atoms with Crippen molar-refractivity contribution in [2.75, 3.05) is 43.0 Å². The van der Waals surface area contributed by atoms with Gasteiger partial charge in [-0.2, -0.15) is 0 Å². The lowest BCUT2D eigenvalue weighted by molar-refractivity contribution is -0.118. The highest BCUT2D eigenvalue weighted by molar-refractivity contribution is 5.97. The highest BCUT2D eigenvalue weighted by Crippen LogP contribution is 2.31. The Morgan fingerprint density at radius 3 is 2.80 bits per heavy atom. The Balaban J connectivity index is 1.32. The molecule has 2 heterocycles. The molecular weight excluding hydrogens is 382 g/mol. The summed E-state index contributed by atoms with van der Waals surface area (Å²) in [5, 5.41) is 2.95. The molecule has 2 aliphatic rings. The Bertz CT molecular complexity index is 917. The largest absolute Gasteiger partial charge is 0.486 e. The van der Waals surface area contributed by atoms with Crippen molar-refractivity contribution in [2.45, 2.75) is 25.9 Å². The third-order valence-corrected chi connectivity index (χ3v) is 5.36. The van der Waals surface area contributed by atoms with Crippen LogP contribution >= 0.6 is 0 Å². The van der Waals surface area contributed by atoms with Crippen molar-refractivity contribution in [1.29, 1.82) is 0 Å². The van der Waals surface area contributed by atoms with Gasteiger partial charge in [-0.15, -0.1) is 0 Å². The number of benzene rings is 2. The Kier molecular flexibility index (Phi) is 6.18. The maximum absolute atomic E-state index is 12.6. The van der Waals surface area contributed by atoms with Crippen LogP contribution in [-0.4, -0.2) is 55.6 Å². The number of ether oxygens (including phenoxy) is 2. The van der Waals surface area contributed by atoms with Crippen molar-refractivity contribution >= 4 is 23.2 Å². The van der Waals surface area contributed by atoms with Gasteiger partial charge in [-0.3, -0.25) is 14.5 Å². The molecule has 7 nitrogen and oxygen atoms in total. The third-order valence-electron chi connectivity index (χ3n) is 5.36. The van der Waals surface area contributed by atoms with Gasteiger partial charge in [0.15, 0.2) is 11.5 Å². The van der Waals surface area contributed by atoms with Gasteiger partial charge in [0.2, 0.25) is 11.8 Å². The minimum Gasteiger partial charge on any atom is -0.486 e. The molecule has 1 atom stereocenters. The van der Waals surface area contributed by atoms with E-state index in [1.807, 2.05) is 60.4 Å². The molecule has 2 aromatic carbocycles. The molecule has 2 aromatic rings. The maximum atomic E-state index is 12.6. The van der Waals surface area contributed by atoms with Gasteiger partial charge in [0, 0.05) is 30.9 Å². The number of para-hydroxylation sites is 2. The van der Waals surface area contributed by atoms with E-state index in [1.54, 1.807) is 4.90 Å². The van der Waals surface area contributed by atoms with Crippen molar-refractivity contribution in [3.05, 3.63) is 48.5 Å². The zero-order valence-corrected chi connectivity index (χ0v) is 17.2. The van der Waals surface area contributed by atoms with Crippen molar-refractivity contribution in [3.63, 3.8) is 0 Å². The first kappa shape index (κ1) is 20.2. The number of likely N-dealkylation sites (N-methyl/N-ethyl adjacent to an activating group) is 1. The van der Waals surface area contributed by atoms with Gasteiger partial charge in [-0.05, 0) is 43.3 Å². The second-order valence-electron chi connectivity index (χ2n) is 7.57. The molecule has 0 bridgehead atoms. The van der Waals surface area contributed by atoms with Crippen LogP contribution in [0, 0.1) is 0 Å². The van der Waals surface area contributed by atoms with Gasteiger partial charge in [0.05, 0.1) is 6.54 Å². The Hall–Kier alpha value is -3.06. The predicted molar refractivity (Wildman–Crippen MR) is 115 cm³/mol. The van der Waals surface area contributed by atoms with Gasteiger partial charge < -0.3 is 19.7 Å². The monoisotopic (exact) mass is 409 g/mol. The smallest absolute Gasteiger partial charge is 0.238 e. The SMILES string of the molecule is CCN(CC(=O)Nc1cccc(N2CCCC2=O)c1)CC1COc2ccccc2O1. The second kappa shape index (κ2) is 9.17. The number of hydrogen-bond acceptors (Lipinski definition) is 5. The topological polar surface area (TPSA) is 71.1 Å². The Labute approximate surface area is 176 Å². The minimum absolute atomic E-state index is 0.0983. The van der Waals surface area contributed by atoms with E-state index in [-0.39, 0.29) is 24.5 Å². The van der Waals surface area contributed by atoms with Crippen LogP contribution < -0.4 is 19.7 Å². The van der Waals surface area contributed by atoms with Crippen LogP contribution in [0.1, 0.15) is 19.8 Å². The van der Waals surface area contributed by atoms with E-state index in [0.717, 1.165) is 36.7 Å². The van der Waals surface area contributed by atoms with Crippen molar-refractivity contribution < 1.29 is 19.1 Å². The third kappa shape index (κ3) is 4.74. The molecule has 4 rings (SSSR count). The fraction of sp³-hybridized carbons (Fsp3) is 0.391. The first-order valence-corrected chi connectivity index (χ1v) is 10.4. The van der Waals surface area contributed by atoms with E-state index in [9.17, 15) is 9.59 Å². The maximum Gasteiger partial charge on any atom is 0.238 e. The van der Waals surface area contributed by atoms with Gasteiger partial charge in [0.1, 0.15) is 12.7 Å². The average Bonchev–Trinajstić information content (AvgIpc) is 3.19. The standard InChI is InChI=1S/C23H27N3O4/c1-2-25(14-19-16-29-20-9-3-4-10-21(20)30-19)15-22(27)24-17-7-5-8-18(13-17)26-12-6-11-23(26)28/h3-5,7-10,13,19H,2,6,11-12,14-16H2,1H3,(H,24,27). The molecule has 30 heavy (non-hydrogen) atoms. The number of fused-ring (bicyclic) bond motifs is 1. The zero-order valence-electron chi connectivity index (χ0n) is 17.2. The van der Waals surface area contributed by atoms with Crippen LogP contribution in [0.15, 0.2) is 48.5 Å². The summed E-state index contributed by atoms with van der Waals surface area (Å²) in [4.78, 5) is 28.4. The molecule has 7 heteroatoms. The fourth-order valence-electron chi connectivity index (χ4n) is 3.82. The quantitative estimate of drug-likeness (QED) is 0.761. The lowest BCUT2D eigenvalue weighted by atomic mass is 10.2. The summed E-state index contributed by atoms with van der Waals surface area (Å²) in [6, 6.07) is 15.1. The first-order valence-electron chi connectivity index (χ1n) is 10.4. The van der Waals surface area contributed by atoms with Gasteiger partial charge in [-0.1, -0.05) is 25.1 Å². The van der Waals surface area contributed by atoms with Crippen LogP contribution in [-0.2, 0) is 9.59 Å². The van der Waals surface area contributed by atoms with E-state index >= 15 is 0 Å². The van der Waals surface area contributed by atoms with Crippen LogP contribution in [0.25, 0.3) is 0 Å². The lowest BCUT2D eigenvalue weighted by Crippen LogP contribution is -2.43. The Morgan fingerprint density at radius 1 is 1.20 bits per heavy atom. The molecule has 0 radical (unpaired) electrons. The van der Waals surface area contributed by atoms with Crippen LogP contribution in [0.5, 0.6) is 11.5 Å². The number of nitrogens with one attached hydrogen (secondary N) is 1. The number of nitrogens with zero attached hydrogens (tertiary/aromatic N) is 2. The van der Waals surface area contributed by atoms with Gasteiger partial charge in [0.25, 0.3) is 0 Å². The summed E-state index contributed by atoms with van der Waals surface area (Å²) < 4.78 is 11.8. The molecule has 158 valence electrons. The molecule has 0 spiro atoms. The summed E-state index contributed by atoms with van der Waals surface area (Å²) >= 11 is 0. The van der Waals surface area contributed by atoms with E-state index in [2.05, 4.69) is 5.32 Å². The van der Waals surface area contributed by atoms with Crippen LogP contribution in [0.3, 0.4) is 0 Å². The molecule has 0 aromatic heterocycles. The van der Waals surface area contributed by atoms with Crippen LogP contribution in [0.2, 0.25) is 0 Å². The van der Waals surface area contributed by atoms with E-state index < -0.39 is 0 Å². The van der Waals surface area contributed by atoms with Crippen molar-refractivity contribution in [2.24, 2.45) is 0 Å². The second-order valence-corrected chi connectivity index (χ2v) is 7.57. The van der Waals surface area contributed by atoms with E-state index in [1.165, 1.54) is 0 Å². The number of carbonyl (C=O) groups is 2. The molecule has 2 aliphatic heterocycles. The number of amides is 2. The molecule has 0 aliphatic carbocycles. The van der Waals surface area contributed by atoms with Crippen molar-refractivity contribution in [3.8, 4) is 11.5 Å². The van der Waals surface area contributed by atoms with Gasteiger partial charge >= 0.3 is 0 Å². The molecule has 1 unspecified atom stereocenters. The summed E-state index contributed by atoms with van der Waals surface area (Å²) in [6.45, 7) is 4.78. The molecular formula is C23H27N3O4. The van der Waals surface area contributed by atoms with E-state index in [0.29, 0.717) is 25.3 Å². The zero-order chi connectivity index (χ0) is 20.9. The highest BCUT2D eigenvalue weighted by atomic mass is 16.6. The normalized spacial score (nSPS) is 18.0. The molecule has 0 saturated carbocycles. The Morgan fingerprint density at radius 2 is 2.03 bits per heavy atom. The van der Waals surface area contributed by atoms with E-state index in [4.69, 9.17) is 9.47 Å². The van der Waals surface area contributed by atoms with Crippen molar-refractivity contribution in [1.82, 2.24) is 4.90 Å². The molecule has 1 N–H and O–H groups in total. The molecule has 2 amide bonds. The summed E-state index contributed by atoms with van der Waals surface area (Å²) in [5.74, 6) is 1.53. The molecule has 1 fully saturated rings. The summed E-state index contributed by atoms with van der Waals surface area (Å²) in [5.41, 5.74) is 1.52. The van der Waals surface area contributed by atoms with Gasteiger partial charge in [-0.25, -0.2) is 0 Å². The minimum atomic E-state index is -0.128. The number of hydrogen-bond donors (Lipinski definition) is 1.